The fraction of sp³-hybridized carbons (Fsp3) is 0.273. The van der Waals surface area contributed by atoms with E-state index in [-0.39, 0.29) is 16.8 Å². The van der Waals surface area contributed by atoms with Gasteiger partial charge in [-0.15, -0.1) is 0 Å². The van der Waals surface area contributed by atoms with Crippen LogP contribution in [0.2, 0.25) is 0 Å². The van der Waals surface area contributed by atoms with Crippen molar-refractivity contribution in [3.05, 3.63) is 35.9 Å². The van der Waals surface area contributed by atoms with E-state index in [0.717, 1.165) is 11.8 Å². The summed E-state index contributed by atoms with van der Waals surface area (Å²) in [4.78, 5) is 22.3. The molecule has 4 heteroatoms. The highest BCUT2D eigenvalue weighted by Crippen LogP contribution is 2.20. The van der Waals surface area contributed by atoms with E-state index in [9.17, 15) is 9.59 Å². The number of benzene rings is 1. The third-order valence-electron chi connectivity index (χ3n) is 1.77. The molecule has 0 radical (unpaired) electrons. The predicted octanol–water partition coefficient (Wildman–Crippen LogP) is 3.10. The third-order valence-corrected chi connectivity index (χ3v) is 2.94. The van der Waals surface area contributed by atoms with Gasteiger partial charge in [-0.2, -0.15) is 0 Å². The number of carbonyl (C=O) groups excluding carboxylic acids is 2. The molecule has 1 atom stereocenters. The van der Waals surface area contributed by atoms with E-state index in [4.69, 9.17) is 11.6 Å². The summed E-state index contributed by atoms with van der Waals surface area (Å²) in [5.74, 6) is 0. The van der Waals surface area contributed by atoms with Crippen molar-refractivity contribution in [3.8, 4) is 0 Å². The number of rotatable bonds is 4. The Kier molecular flexibility index (Phi) is 4.85. The van der Waals surface area contributed by atoms with Crippen LogP contribution in [0.5, 0.6) is 0 Å². The number of hydrogen-bond acceptors (Lipinski definition) is 3. The molecule has 1 aromatic rings. The summed E-state index contributed by atoms with van der Waals surface area (Å²) in [6, 6.07) is 8.98. The number of carbonyl (C=O) groups is 2. The monoisotopic (exact) mass is 242 g/mol. The number of thioether (sulfide) groups is 1. The van der Waals surface area contributed by atoms with E-state index in [1.54, 1.807) is 12.1 Å². The zero-order valence-electron chi connectivity index (χ0n) is 8.27. The lowest BCUT2D eigenvalue weighted by Crippen LogP contribution is -2.06. The van der Waals surface area contributed by atoms with Crippen LogP contribution in [-0.2, 0) is 4.79 Å². The maximum Gasteiger partial charge on any atom is 0.222 e. The molecule has 0 aromatic heterocycles. The van der Waals surface area contributed by atoms with Gasteiger partial charge in [-0.05, 0) is 11.6 Å². The Morgan fingerprint density at radius 3 is 2.47 bits per heavy atom. The van der Waals surface area contributed by atoms with Gasteiger partial charge in [-0.25, -0.2) is 0 Å². The second kappa shape index (κ2) is 5.93. The molecule has 0 amide bonds. The van der Waals surface area contributed by atoms with Crippen molar-refractivity contribution in [2.45, 2.75) is 18.6 Å². The molecule has 1 aromatic carbocycles. The molecule has 2 nitrogen and oxygen atoms in total. The van der Waals surface area contributed by atoms with Crippen LogP contribution >= 0.6 is 23.4 Å². The molecule has 0 N–H and O–H groups in total. The molecule has 1 rings (SSSR count). The summed E-state index contributed by atoms with van der Waals surface area (Å²) in [6.45, 7) is 1.81. The van der Waals surface area contributed by atoms with Gasteiger partial charge in [0.15, 0.2) is 0 Å². The lowest BCUT2D eigenvalue weighted by Gasteiger charge is -2.06. The topological polar surface area (TPSA) is 34.1 Å². The van der Waals surface area contributed by atoms with Crippen LogP contribution in [-0.4, -0.2) is 15.6 Å². The van der Waals surface area contributed by atoms with Crippen LogP contribution in [0.4, 0.5) is 0 Å². The standard InChI is InChI=1S/C11H11ClO2S/c1-8(7-10(12)13)15-11(14)9-5-3-2-4-6-9/h2-6,8H,7H2,1H3. The molecule has 1 unspecified atom stereocenters. The maximum absolute atomic E-state index is 11.6. The molecule has 0 fully saturated rings. The van der Waals surface area contributed by atoms with Gasteiger partial charge in [0.25, 0.3) is 0 Å². The van der Waals surface area contributed by atoms with E-state index < -0.39 is 5.24 Å². The normalized spacial score (nSPS) is 12.1. The lowest BCUT2D eigenvalue weighted by atomic mass is 10.2. The Hall–Kier alpha value is -0.800. The highest BCUT2D eigenvalue weighted by molar-refractivity contribution is 8.14. The molecule has 0 bridgehead atoms. The largest absolute Gasteiger partial charge is 0.282 e. The van der Waals surface area contributed by atoms with Crippen LogP contribution in [0.1, 0.15) is 23.7 Å². The van der Waals surface area contributed by atoms with E-state index in [0.29, 0.717) is 5.56 Å². The average molecular weight is 243 g/mol. The predicted molar refractivity (Wildman–Crippen MR) is 63.3 cm³/mol. The summed E-state index contributed by atoms with van der Waals surface area (Å²) in [5.41, 5.74) is 0.649. The minimum absolute atomic E-state index is 0.0268. The highest BCUT2D eigenvalue weighted by atomic mass is 35.5. The first kappa shape index (κ1) is 12.3. The molecule has 0 saturated heterocycles. The quantitative estimate of drug-likeness (QED) is 0.761. The molecule has 15 heavy (non-hydrogen) atoms. The Bertz CT molecular complexity index is 351. The van der Waals surface area contributed by atoms with Crippen molar-refractivity contribution < 1.29 is 9.59 Å². The SMILES string of the molecule is CC(CC(=O)Cl)SC(=O)c1ccccc1. The first-order chi connectivity index (χ1) is 7.09. The van der Waals surface area contributed by atoms with Crippen LogP contribution in [0.3, 0.4) is 0 Å². The summed E-state index contributed by atoms with van der Waals surface area (Å²) < 4.78 is 0. The minimum atomic E-state index is -0.407. The molecule has 0 aliphatic rings. The van der Waals surface area contributed by atoms with Gasteiger partial charge in [0, 0.05) is 17.2 Å². The summed E-state index contributed by atoms with van der Waals surface area (Å²) >= 11 is 6.38. The van der Waals surface area contributed by atoms with Crippen molar-refractivity contribution in [2.75, 3.05) is 0 Å². The molecule has 0 saturated carbocycles. The van der Waals surface area contributed by atoms with Gasteiger partial charge in [0.1, 0.15) is 0 Å². The van der Waals surface area contributed by atoms with Gasteiger partial charge >= 0.3 is 0 Å². The van der Waals surface area contributed by atoms with Gasteiger partial charge in [0.05, 0.1) is 0 Å². The third kappa shape index (κ3) is 4.49. The van der Waals surface area contributed by atoms with Crippen LogP contribution in [0, 0.1) is 0 Å². The van der Waals surface area contributed by atoms with Gasteiger partial charge in [0.2, 0.25) is 10.4 Å². The first-order valence-corrected chi connectivity index (χ1v) is 5.79. The van der Waals surface area contributed by atoms with E-state index in [1.165, 1.54) is 0 Å². The first-order valence-electron chi connectivity index (χ1n) is 4.54. The number of hydrogen-bond donors (Lipinski definition) is 0. The Labute approximate surface area is 98.0 Å². The van der Waals surface area contributed by atoms with E-state index in [1.807, 2.05) is 25.1 Å². The van der Waals surface area contributed by atoms with Crippen molar-refractivity contribution in [1.82, 2.24) is 0 Å². The van der Waals surface area contributed by atoms with Crippen molar-refractivity contribution in [3.63, 3.8) is 0 Å². The van der Waals surface area contributed by atoms with Gasteiger partial charge < -0.3 is 0 Å². The second-order valence-corrected chi connectivity index (χ2v) is 4.97. The summed E-state index contributed by atoms with van der Waals surface area (Å²) in [5, 5.41) is -0.514. The van der Waals surface area contributed by atoms with E-state index >= 15 is 0 Å². The second-order valence-electron chi connectivity index (χ2n) is 3.14. The molecular weight excluding hydrogens is 232 g/mol. The molecule has 0 heterocycles. The van der Waals surface area contributed by atoms with Gasteiger partial charge in [-0.3, -0.25) is 9.59 Å². The van der Waals surface area contributed by atoms with Gasteiger partial charge in [-0.1, -0.05) is 49.0 Å². The summed E-state index contributed by atoms with van der Waals surface area (Å²) in [6.07, 6.45) is 0.213. The molecule has 0 aliphatic heterocycles. The Morgan fingerprint density at radius 2 is 1.93 bits per heavy atom. The zero-order valence-corrected chi connectivity index (χ0v) is 9.85. The van der Waals surface area contributed by atoms with Crippen LogP contribution < -0.4 is 0 Å². The van der Waals surface area contributed by atoms with Crippen LogP contribution in [0.25, 0.3) is 0 Å². The minimum Gasteiger partial charge on any atom is -0.282 e. The fourth-order valence-corrected chi connectivity index (χ4v) is 2.29. The average Bonchev–Trinajstić information content (AvgIpc) is 2.17. The molecule has 80 valence electrons. The van der Waals surface area contributed by atoms with Crippen LogP contribution in [0.15, 0.2) is 30.3 Å². The summed E-state index contributed by atoms with van der Waals surface area (Å²) in [7, 11) is 0. The molecule has 0 aliphatic carbocycles. The molecule has 0 spiro atoms. The van der Waals surface area contributed by atoms with Crippen molar-refractivity contribution in [1.29, 1.82) is 0 Å². The maximum atomic E-state index is 11.6. The molecular formula is C11H11ClO2S. The smallest absolute Gasteiger partial charge is 0.222 e. The fourth-order valence-electron chi connectivity index (χ4n) is 1.09. The lowest BCUT2D eigenvalue weighted by molar-refractivity contribution is -0.111. The highest BCUT2D eigenvalue weighted by Gasteiger charge is 2.13. The zero-order chi connectivity index (χ0) is 11.3. The van der Waals surface area contributed by atoms with Crippen molar-refractivity contribution in [2.24, 2.45) is 0 Å². The number of halogens is 1. The Balaban J connectivity index is 2.53. The van der Waals surface area contributed by atoms with E-state index in [2.05, 4.69) is 0 Å². The Morgan fingerprint density at radius 1 is 1.33 bits per heavy atom. The van der Waals surface area contributed by atoms with Crippen molar-refractivity contribution >= 4 is 33.7 Å².